The van der Waals surface area contributed by atoms with Crippen LogP contribution in [0.2, 0.25) is 5.02 Å². The number of carbonyl (C=O) groups excluding carboxylic acids is 1. The minimum Gasteiger partial charge on any atom is -0.361 e. The third-order valence-corrected chi connectivity index (χ3v) is 5.24. The van der Waals surface area contributed by atoms with Gasteiger partial charge in [0.05, 0.1) is 5.02 Å². The van der Waals surface area contributed by atoms with E-state index >= 15 is 0 Å². The summed E-state index contributed by atoms with van der Waals surface area (Å²) in [5, 5.41) is 4.00. The Morgan fingerprint density at radius 1 is 1.42 bits per heavy atom. The van der Waals surface area contributed by atoms with Gasteiger partial charge in [-0.3, -0.25) is 4.79 Å². The van der Waals surface area contributed by atoms with Gasteiger partial charge in [-0.2, -0.15) is 0 Å². The van der Waals surface area contributed by atoms with Crippen molar-refractivity contribution in [1.29, 1.82) is 0 Å². The third-order valence-electron chi connectivity index (χ3n) is 4.95. The molecule has 3 aromatic rings. The maximum atomic E-state index is 13.5. The number of aromatic amines is 1. The quantitative estimate of drug-likeness (QED) is 0.738. The number of benzene rings is 1. The molecule has 4 rings (SSSR count). The molecule has 26 heavy (non-hydrogen) atoms. The average molecular weight is 373 g/mol. The summed E-state index contributed by atoms with van der Waals surface area (Å²) in [5.41, 5.74) is 3.82. The van der Waals surface area contributed by atoms with Gasteiger partial charge in [0, 0.05) is 41.5 Å². The molecule has 0 radical (unpaired) electrons. The Morgan fingerprint density at radius 3 is 3.19 bits per heavy atom. The van der Waals surface area contributed by atoms with Crippen LogP contribution in [0, 0.1) is 11.7 Å². The number of fused-ring (bicyclic) bond motifs is 2. The highest BCUT2D eigenvalue weighted by molar-refractivity contribution is 6.31. The molecule has 5 nitrogen and oxygen atoms in total. The number of halogens is 2. The fourth-order valence-corrected chi connectivity index (χ4v) is 3.69. The highest BCUT2D eigenvalue weighted by atomic mass is 35.5. The van der Waals surface area contributed by atoms with Gasteiger partial charge in [0.1, 0.15) is 12.1 Å². The summed E-state index contributed by atoms with van der Waals surface area (Å²) in [7, 11) is 0. The zero-order valence-electron chi connectivity index (χ0n) is 14.1. The van der Waals surface area contributed by atoms with E-state index in [0.717, 1.165) is 35.0 Å². The van der Waals surface area contributed by atoms with E-state index in [1.807, 2.05) is 6.20 Å². The van der Waals surface area contributed by atoms with Crippen LogP contribution in [0.25, 0.3) is 10.9 Å². The Labute approximate surface area is 155 Å². The van der Waals surface area contributed by atoms with Crippen molar-refractivity contribution in [3.8, 4) is 0 Å². The van der Waals surface area contributed by atoms with Crippen molar-refractivity contribution in [3.63, 3.8) is 0 Å². The molecule has 7 heteroatoms. The standard InChI is InChI=1S/C19H18ClFN4O/c20-15-6-14-12(9-24-18(14)7-16(15)21)3-4-23-19(26)11-1-2-17-13(5-11)8-22-10-25-17/h6-11,24H,1-5H2,(H,23,26). The Balaban J connectivity index is 1.37. The summed E-state index contributed by atoms with van der Waals surface area (Å²) in [4.78, 5) is 23.8. The van der Waals surface area contributed by atoms with Crippen molar-refractivity contribution in [2.75, 3.05) is 6.54 Å². The number of aromatic nitrogens is 3. The van der Waals surface area contributed by atoms with Crippen LogP contribution in [0.4, 0.5) is 4.39 Å². The average Bonchev–Trinajstić information content (AvgIpc) is 3.03. The second-order valence-corrected chi connectivity index (χ2v) is 7.01. The molecule has 1 atom stereocenters. The number of aryl methyl sites for hydroxylation is 1. The van der Waals surface area contributed by atoms with Gasteiger partial charge in [-0.15, -0.1) is 0 Å². The number of carbonyl (C=O) groups is 1. The molecule has 0 saturated heterocycles. The molecule has 0 aliphatic heterocycles. The first-order valence-corrected chi connectivity index (χ1v) is 9.00. The van der Waals surface area contributed by atoms with Crippen LogP contribution in [0.5, 0.6) is 0 Å². The summed E-state index contributed by atoms with van der Waals surface area (Å²) in [5.74, 6) is -0.425. The number of nitrogens with one attached hydrogen (secondary N) is 2. The molecule has 0 spiro atoms. The van der Waals surface area contributed by atoms with Gasteiger partial charge in [-0.1, -0.05) is 11.6 Å². The van der Waals surface area contributed by atoms with E-state index in [9.17, 15) is 9.18 Å². The third kappa shape index (κ3) is 3.29. The zero-order valence-corrected chi connectivity index (χ0v) is 14.8. The van der Waals surface area contributed by atoms with E-state index in [1.54, 1.807) is 18.6 Å². The van der Waals surface area contributed by atoms with Gasteiger partial charge in [0.2, 0.25) is 5.91 Å². The molecule has 1 aliphatic rings. The topological polar surface area (TPSA) is 70.7 Å². The fourth-order valence-electron chi connectivity index (χ4n) is 3.53. The Hall–Kier alpha value is -2.47. The molecule has 0 bridgehead atoms. The monoisotopic (exact) mass is 372 g/mol. The largest absolute Gasteiger partial charge is 0.361 e. The van der Waals surface area contributed by atoms with E-state index in [2.05, 4.69) is 20.3 Å². The lowest BCUT2D eigenvalue weighted by molar-refractivity contribution is -0.125. The molecule has 1 unspecified atom stereocenters. The molecule has 0 saturated carbocycles. The van der Waals surface area contributed by atoms with Crippen molar-refractivity contribution in [3.05, 3.63) is 58.5 Å². The highest BCUT2D eigenvalue weighted by Crippen LogP contribution is 2.26. The van der Waals surface area contributed by atoms with Crippen LogP contribution in [0.3, 0.4) is 0 Å². The minimum absolute atomic E-state index is 0.0417. The molecule has 1 aromatic carbocycles. The molecule has 2 aromatic heterocycles. The molecular weight excluding hydrogens is 355 g/mol. The van der Waals surface area contributed by atoms with Crippen LogP contribution in [-0.4, -0.2) is 27.4 Å². The lowest BCUT2D eigenvalue weighted by atomic mass is 9.87. The van der Waals surface area contributed by atoms with E-state index in [-0.39, 0.29) is 16.8 Å². The van der Waals surface area contributed by atoms with Crippen molar-refractivity contribution >= 4 is 28.4 Å². The zero-order chi connectivity index (χ0) is 18.1. The molecule has 134 valence electrons. The summed E-state index contributed by atoms with van der Waals surface area (Å²) < 4.78 is 13.5. The molecule has 0 fully saturated rings. The number of amides is 1. The maximum absolute atomic E-state index is 13.5. The molecule has 1 amide bonds. The van der Waals surface area contributed by atoms with Crippen molar-refractivity contribution < 1.29 is 9.18 Å². The molecule has 2 heterocycles. The van der Waals surface area contributed by atoms with Crippen molar-refractivity contribution in [1.82, 2.24) is 20.3 Å². The highest BCUT2D eigenvalue weighted by Gasteiger charge is 2.25. The normalized spacial score (nSPS) is 16.5. The summed E-state index contributed by atoms with van der Waals surface area (Å²) in [6.45, 7) is 0.523. The van der Waals surface area contributed by atoms with Crippen LogP contribution in [0.1, 0.15) is 23.2 Å². The first-order chi connectivity index (χ1) is 12.6. The van der Waals surface area contributed by atoms with E-state index in [1.165, 1.54) is 6.07 Å². The Bertz CT molecular complexity index is 971. The Morgan fingerprint density at radius 2 is 2.31 bits per heavy atom. The number of hydrogen-bond acceptors (Lipinski definition) is 3. The van der Waals surface area contributed by atoms with Crippen molar-refractivity contribution in [2.24, 2.45) is 5.92 Å². The van der Waals surface area contributed by atoms with Crippen LogP contribution >= 0.6 is 11.6 Å². The van der Waals surface area contributed by atoms with Gasteiger partial charge in [-0.05, 0) is 48.9 Å². The lowest BCUT2D eigenvalue weighted by Gasteiger charge is -2.22. The van der Waals surface area contributed by atoms with E-state index in [4.69, 9.17) is 11.6 Å². The molecule has 1 aliphatic carbocycles. The summed E-state index contributed by atoms with van der Waals surface area (Å²) >= 11 is 5.88. The predicted octanol–water partition coefficient (Wildman–Crippen LogP) is 3.21. The summed E-state index contributed by atoms with van der Waals surface area (Å²) in [6.07, 6.45) is 8.14. The van der Waals surface area contributed by atoms with E-state index in [0.29, 0.717) is 24.9 Å². The molecular formula is C19H18ClFN4O. The van der Waals surface area contributed by atoms with E-state index < -0.39 is 5.82 Å². The van der Waals surface area contributed by atoms with Gasteiger partial charge >= 0.3 is 0 Å². The van der Waals surface area contributed by atoms with Crippen LogP contribution < -0.4 is 5.32 Å². The summed E-state index contributed by atoms with van der Waals surface area (Å²) in [6, 6.07) is 3.01. The number of H-pyrrole nitrogens is 1. The van der Waals surface area contributed by atoms with Gasteiger partial charge in [0.15, 0.2) is 0 Å². The van der Waals surface area contributed by atoms with Gasteiger partial charge < -0.3 is 10.3 Å². The van der Waals surface area contributed by atoms with Crippen molar-refractivity contribution in [2.45, 2.75) is 25.7 Å². The first kappa shape index (κ1) is 17.0. The predicted molar refractivity (Wildman–Crippen MR) is 97.5 cm³/mol. The minimum atomic E-state index is -0.442. The number of hydrogen-bond donors (Lipinski definition) is 2. The van der Waals surface area contributed by atoms with Crippen LogP contribution in [-0.2, 0) is 24.1 Å². The lowest BCUT2D eigenvalue weighted by Crippen LogP contribution is -2.35. The van der Waals surface area contributed by atoms with Crippen LogP contribution in [0.15, 0.2) is 30.9 Å². The fraction of sp³-hybridized carbons (Fsp3) is 0.316. The van der Waals surface area contributed by atoms with Gasteiger partial charge in [0.25, 0.3) is 0 Å². The smallest absolute Gasteiger partial charge is 0.223 e. The first-order valence-electron chi connectivity index (χ1n) is 8.62. The Kier molecular flexibility index (Phi) is 4.59. The number of nitrogens with zero attached hydrogens (tertiary/aromatic N) is 2. The number of rotatable bonds is 4. The second-order valence-electron chi connectivity index (χ2n) is 6.60. The molecule has 2 N–H and O–H groups in total. The maximum Gasteiger partial charge on any atom is 0.223 e. The van der Waals surface area contributed by atoms with Gasteiger partial charge in [-0.25, -0.2) is 14.4 Å². The second kappa shape index (κ2) is 7.03. The SMILES string of the molecule is O=C(NCCc1c[nH]c2cc(F)c(Cl)cc12)C1CCc2ncncc2C1.